The predicted molar refractivity (Wildman–Crippen MR) is 57.1 cm³/mol. The predicted octanol–water partition coefficient (Wildman–Crippen LogP) is 1.10. The van der Waals surface area contributed by atoms with E-state index >= 15 is 0 Å². The smallest absolute Gasteiger partial charge is 0.316 e. The fourth-order valence-electron chi connectivity index (χ4n) is 1.32. The number of halogens is 1. The summed E-state index contributed by atoms with van der Waals surface area (Å²) >= 11 is 5.66. The zero-order valence-corrected chi connectivity index (χ0v) is 10.2. The van der Waals surface area contributed by atoms with Crippen LogP contribution in [0.3, 0.4) is 0 Å². The number of hydrogen-bond donors (Lipinski definition) is 0. The molecule has 0 N–H and O–H groups in total. The highest BCUT2D eigenvalue weighted by molar-refractivity contribution is 7.91. The van der Waals surface area contributed by atoms with Crippen LogP contribution < -0.4 is 4.90 Å². The van der Waals surface area contributed by atoms with Gasteiger partial charge in [-0.2, -0.15) is 0 Å². The maximum absolute atomic E-state index is 12.1. The monoisotopic (exact) mass is 274 g/mol. The number of hydrogen-bond acceptors (Lipinski definition) is 5. The molecule has 1 aromatic carbocycles. The molecule has 0 amide bonds. The van der Waals surface area contributed by atoms with Gasteiger partial charge in [-0.05, 0) is 29.2 Å². The van der Waals surface area contributed by atoms with Crippen LogP contribution in [0.1, 0.15) is 5.69 Å². The van der Waals surface area contributed by atoms with Crippen molar-refractivity contribution in [3.05, 3.63) is 40.2 Å². The Kier molecular flexibility index (Phi) is 2.80. The molecule has 1 aromatic heterocycles. The van der Waals surface area contributed by atoms with Gasteiger partial charge in [0.25, 0.3) is 9.84 Å². The molecule has 2 aromatic rings. The van der Waals surface area contributed by atoms with Gasteiger partial charge in [-0.1, -0.05) is 11.6 Å². The maximum Gasteiger partial charge on any atom is 0.316 e. The number of sulfone groups is 1. The molecular formula is C9H7ClN2O4S. The summed E-state index contributed by atoms with van der Waals surface area (Å²) in [5.74, 6) is 0. The molecule has 0 atom stereocenters. The molecule has 0 aliphatic carbocycles. The zero-order chi connectivity index (χ0) is 12.6. The minimum Gasteiger partial charge on any atom is -0.358 e. The maximum atomic E-state index is 12.1. The molecule has 0 spiro atoms. The third kappa shape index (κ3) is 1.98. The Labute approximate surface area is 102 Å². The third-order valence-corrected chi connectivity index (χ3v) is 4.20. The van der Waals surface area contributed by atoms with E-state index in [4.69, 9.17) is 11.6 Å². The topological polar surface area (TPSA) is 87.1 Å². The molecule has 8 heteroatoms. The molecule has 1 heterocycles. The van der Waals surface area contributed by atoms with Gasteiger partial charge in [-0.25, -0.2) is 8.42 Å². The molecule has 90 valence electrons. The Hall–Kier alpha value is -1.60. The molecule has 0 unspecified atom stereocenters. The van der Waals surface area contributed by atoms with Crippen molar-refractivity contribution in [1.29, 1.82) is 0 Å². The van der Waals surface area contributed by atoms with Crippen LogP contribution in [0.4, 0.5) is 0 Å². The van der Waals surface area contributed by atoms with Crippen LogP contribution in [0.25, 0.3) is 0 Å². The van der Waals surface area contributed by atoms with Crippen LogP contribution in [0, 0.1) is 12.1 Å². The quantitative estimate of drug-likeness (QED) is 0.765. The van der Waals surface area contributed by atoms with Crippen molar-refractivity contribution in [3.8, 4) is 0 Å². The Morgan fingerprint density at radius 2 is 1.94 bits per heavy atom. The third-order valence-electron chi connectivity index (χ3n) is 2.11. The van der Waals surface area contributed by atoms with E-state index in [1.807, 2.05) is 0 Å². The second kappa shape index (κ2) is 4.01. The first kappa shape index (κ1) is 11.9. The zero-order valence-electron chi connectivity index (χ0n) is 8.62. The van der Waals surface area contributed by atoms with Crippen molar-refractivity contribution < 1.29 is 17.9 Å². The minimum absolute atomic E-state index is 0.00921. The second-order valence-corrected chi connectivity index (χ2v) is 5.58. The first-order chi connectivity index (χ1) is 7.93. The number of rotatable bonds is 2. The fraction of sp³-hybridized carbons (Fsp3) is 0.111. The van der Waals surface area contributed by atoms with Gasteiger partial charge in [0.15, 0.2) is 0 Å². The first-order valence-electron chi connectivity index (χ1n) is 4.50. The summed E-state index contributed by atoms with van der Waals surface area (Å²) in [5, 5.41) is 14.4. The standard InChI is InChI=1S/C9H7ClN2O4S/c1-6-9(12(13)16-11-6)17(14,15)8-4-2-7(10)3-5-8/h2-5H,1H3. The van der Waals surface area contributed by atoms with Gasteiger partial charge in [0.1, 0.15) is 0 Å². The summed E-state index contributed by atoms with van der Waals surface area (Å²) in [5.41, 5.74) is 0.00921. The summed E-state index contributed by atoms with van der Waals surface area (Å²) in [6, 6.07) is 5.47. The summed E-state index contributed by atoms with van der Waals surface area (Å²) in [6.07, 6.45) is 0. The van der Waals surface area contributed by atoms with Gasteiger partial charge < -0.3 is 5.21 Å². The Balaban J connectivity index is 2.62. The number of benzene rings is 1. The van der Waals surface area contributed by atoms with Crippen LogP contribution in [-0.4, -0.2) is 13.6 Å². The van der Waals surface area contributed by atoms with E-state index in [1.54, 1.807) is 0 Å². The van der Waals surface area contributed by atoms with Crippen LogP contribution in [0.15, 0.2) is 38.8 Å². The number of nitrogens with zero attached hydrogens (tertiary/aromatic N) is 2. The van der Waals surface area contributed by atoms with Crippen LogP contribution in [0.5, 0.6) is 0 Å². The van der Waals surface area contributed by atoms with E-state index in [1.165, 1.54) is 31.2 Å². The van der Waals surface area contributed by atoms with Crippen LogP contribution in [0.2, 0.25) is 5.02 Å². The van der Waals surface area contributed by atoms with E-state index in [2.05, 4.69) is 9.79 Å². The van der Waals surface area contributed by atoms with Gasteiger partial charge in [-0.15, -0.1) is 0 Å². The number of aryl methyl sites for hydroxylation is 1. The van der Waals surface area contributed by atoms with Crippen molar-refractivity contribution in [1.82, 2.24) is 5.16 Å². The van der Waals surface area contributed by atoms with Gasteiger partial charge in [0, 0.05) is 17.1 Å². The number of aromatic nitrogens is 2. The Morgan fingerprint density at radius 3 is 2.41 bits per heavy atom. The van der Waals surface area contributed by atoms with Crippen molar-refractivity contribution in [2.24, 2.45) is 0 Å². The van der Waals surface area contributed by atoms with Crippen LogP contribution >= 0.6 is 11.6 Å². The molecule has 0 saturated heterocycles. The lowest BCUT2D eigenvalue weighted by Crippen LogP contribution is -2.31. The normalized spacial score (nSPS) is 11.6. The molecule has 0 aliphatic heterocycles. The second-order valence-electron chi connectivity index (χ2n) is 3.28. The van der Waals surface area contributed by atoms with Crippen molar-refractivity contribution in [2.75, 3.05) is 0 Å². The highest BCUT2D eigenvalue weighted by Gasteiger charge is 2.31. The van der Waals surface area contributed by atoms with Crippen molar-refractivity contribution >= 4 is 21.4 Å². The summed E-state index contributed by atoms with van der Waals surface area (Å²) in [7, 11) is -3.94. The van der Waals surface area contributed by atoms with Gasteiger partial charge in [0.2, 0.25) is 5.69 Å². The molecule has 2 rings (SSSR count). The van der Waals surface area contributed by atoms with Crippen molar-refractivity contribution in [2.45, 2.75) is 16.8 Å². The average Bonchev–Trinajstić information content (AvgIpc) is 2.59. The lowest BCUT2D eigenvalue weighted by atomic mass is 10.4. The molecule has 0 aliphatic rings. The Bertz CT molecular complexity index is 629. The molecule has 0 bridgehead atoms. The van der Waals surface area contributed by atoms with Gasteiger partial charge in [-0.3, -0.25) is 4.63 Å². The summed E-state index contributed by atoms with van der Waals surface area (Å²) < 4.78 is 28.4. The molecule has 0 saturated carbocycles. The first-order valence-corrected chi connectivity index (χ1v) is 6.36. The van der Waals surface area contributed by atoms with Crippen molar-refractivity contribution in [3.63, 3.8) is 0 Å². The molecule has 0 fully saturated rings. The average molecular weight is 275 g/mol. The highest BCUT2D eigenvalue weighted by Crippen LogP contribution is 2.21. The SMILES string of the molecule is Cc1no[n+]([O-])c1S(=O)(=O)c1ccc(Cl)cc1. The van der Waals surface area contributed by atoms with Gasteiger partial charge >= 0.3 is 5.03 Å². The van der Waals surface area contributed by atoms with Gasteiger partial charge in [0.05, 0.1) is 4.90 Å². The summed E-state index contributed by atoms with van der Waals surface area (Å²) in [6.45, 7) is 1.38. The fourth-order valence-corrected chi connectivity index (χ4v) is 2.82. The largest absolute Gasteiger partial charge is 0.358 e. The van der Waals surface area contributed by atoms with E-state index in [0.29, 0.717) is 5.02 Å². The molecule has 17 heavy (non-hydrogen) atoms. The van der Waals surface area contributed by atoms with E-state index < -0.39 is 14.9 Å². The summed E-state index contributed by atoms with van der Waals surface area (Å²) in [4.78, 5) is -0.169. The lowest BCUT2D eigenvalue weighted by molar-refractivity contribution is -0.832. The minimum atomic E-state index is -3.94. The molecule has 0 radical (unpaired) electrons. The highest BCUT2D eigenvalue weighted by atomic mass is 35.5. The van der Waals surface area contributed by atoms with E-state index in [-0.39, 0.29) is 15.5 Å². The van der Waals surface area contributed by atoms with Crippen LogP contribution in [-0.2, 0) is 9.84 Å². The van der Waals surface area contributed by atoms with E-state index in [9.17, 15) is 13.6 Å². The lowest BCUT2D eigenvalue weighted by Gasteiger charge is -2.01. The molecular weight excluding hydrogens is 268 g/mol. The molecule has 6 nitrogen and oxygen atoms in total. The Morgan fingerprint density at radius 1 is 1.35 bits per heavy atom. The van der Waals surface area contributed by atoms with E-state index in [0.717, 1.165) is 0 Å².